The molecule has 0 bridgehead atoms. The van der Waals surface area contributed by atoms with Crippen LogP contribution in [0.5, 0.6) is 5.75 Å². The zero-order chi connectivity index (χ0) is 12.9. The standard InChI is InChI=1S/C14H18N2O2/c1-8-5-12-11(9(2)13(8)17)6-10-7-15-3-4-16(10)14(12)18/h5,10,15,17H,3-4,6-7H2,1-2H3/t10-/m1/s1. The number of fused-ring (bicyclic) bond motifs is 2. The molecule has 2 aliphatic heterocycles. The summed E-state index contributed by atoms with van der Waals surface area (Å²) in [5.41, 5.74) is 3.45. The second-order valence-corrected chi connectivity index (χ2v) is 5.25. The zero-order valence-corrected chi connectivity index (χ0v) is 10.8. The molecule has 96 valence electrons. The van der Waals surface area contributed by atoms with Crippen molar-refractivity contribution in [1.82, 2.24) is 10.2 Å². The Bertz CT molecular complexity index is 525. The lowest BCUT2D eigenvalue weighted by Crippen LogP contribution is -2.56. The first-order valence-corrected chi connectivity index (χ1v) is 6.43. The summed E-state index contributed by atoms with van der Waals surface area (Å²) in [5.74, 6) is 0.452. The highest BCUT2D eigenvalue weighted by Gasteiger charge is 2.35. The smallest absolute Gasteiger partial charge is 0.254 e. The number of rotatable bonds is 0. The maximum atomic E-state index is 12.5. The first-order chi connectivity index (χ1) is 8.59. The van der Waals surface area contributed by atoms with E-state index in [1.807, 2.05) is 24.8 Å². The minimum atomic E-state index is 0.119. The molecular formula is C14H18N2O2. The molecule has 4 nitrogen and oxygen atoms in total. The summed E-state index contributed by atoms with van der Waals surface area (Å²) in [6, 6.07) is 2.07. The number of aryl methyl sites for hydroxylation is 1. The highest BCUT2D eigenvalue weighted by atomic mass is 16.3. The number of nitrogens with zero attached hydrogens (tertiary/aromatic N) is 1. The van der Waals surface area contributed by atoms with Crippen molar-refractivity contribution in [3.8, 4) is 5.75 Å². The number of hydrogen-bond acceptors (Lipinski definition) is 3. The summed E-state index contributed by atoms with van der Waals surface area (Å²) in [5, 5.41) is 13.3. The van der Waals surface area contributed by atoms with Crippen molar-refractivity contribution in [3.05, 3.63) is 28.3 Å². The number of phenolic OH excluding ortho intramolecular Hbond substituents is 1. The maximum Gasteiger partial charge on any atom is 0.254 e. The second-order valence-electron chi connectivity index (χ2n) is 5.25. The summed E-state index contributed by atoms with van der Waals surface area (Å²) >= 11 is 0. The number of carbonyl (C=O) groups excluding carboxylic acids is 1. The Hall–Kier alpha value is -1.55. The van der Waals surface area contributed by atoms with Crippen molar-refractivity contribution in [3.63, 3.8) is 0 Å². The lowest BCUT2D eigenvalue weighted by Gasteiger charge is -2.41. The summed E-state index contributed by atoms with van der Waals surface area (Å²) < 4.78 is 0. The van der Waals surface area contributed by atoms with Crippen LogP contribution in [0.15, 0.2) is 6.07 Å². The van der Waals surface area contributed by atoms with E-state index in [1.54, 1.807) is 0 Å². The minimum absolute atomic E-state index is 0.119. The molecule has 0 saturated carbocycles. The van der Waals surface area contributed by atoms with Crippen molar-refractivity contribution in [1.29, 1.82) is 0 Å². The average molecular weight is 246 g/mol. The van der Waals surface area contributed by atoms with Crippen molar-refractivity contribution in [2.75, 3.05) is 19.6 Å². The number of piperazine rings is 1. The molecule has 1 fully saturated rings. The molecule has 3 rings (SSSR count). The van der Waals surface area contributed by atoms with Gasteiger partial charge in [-0.2, -0.15) is 0 Å². The fourth-order valence-corrected chi connectivity index (χ4v) is 3.07. The van der Waals surface area contributed by atoms with E-state index in [2.05, 4.69) is 5.32 Å². The second kappa shape index (κ2) is 3.99. The van der Waals surface area contributed by atoms with Gasteiger partial charge in [0.2, 0.25) is 0 Å². The van der Waals surface area contributed by atoms with Gasteiger partial charge < -0.3 is 15.3 Å². The van der Waals surface area contributed by atoms with Crippen LogP contribution in [0.25, 0.3) is 0 Å². The fraction of sp³-hybridized carbons (Fsp3) is 0.500. The largest absolute Gasteiger partial charge is 0.507 e. The van der Waals surface area contributed by atoms with Gasteiger partial charge in [-0.05, 0) is 43.0 Å². The van der Waals surface area contributed by atoms with E-state index < -0.39 is 0 Å². The van der Waals surface area contributed by atoms with Crippen LogP contribution in [0.1, 0.15) is 27.0 Å². The first kappa shape index (κ1) is 11.5. The fourth-order valence-electron chi connectivity index (χ4n) is 3.07. The molecule has 18 heavy (non-hydrogen) atoms. The van der Waals surface area contributed by atoms with Gasteiger partial charge in [-0.15, -0.1) is 0 Å². The van der Waals surface area contributed by atoms with Crippen LogP contribution in [-0.4, -0.2) is 41.6 Å². The third kappa shape index (κ3) is 1.52. The molecule has 1 aromatic rings. The molecule has 1 aromatic carbocycles. The lowest BCUT2D eigenvalue weighted by molar-refractivity contribution is 0.0605. The topological polar surface area (TPSA) is 52.6 Å². The Balaban J connectivity index is 2.13. The Labute approximate surface area is 107 Å². The van der Waals surface area contributed by atoms with E-state index in [1.165, 1.54) is 0 Å². The first-order valence-electron chi connectivity index (χ1n) is 6.43. The van der Waals surface area contributed by atoms with Gasteiger partial charge in [-0.25, -0.2) is 0 Å². The van der Waals surface area contributed by atoms with Crippen LogP contribution in [0.3, 0.4) is 0 Å². The summed E-state index contributed by atoms with van der Waals surface area (Å²) in [7, 11) is 0. The van der Waals surface area contributed by atoms with Gasteiger partial charge in [0.25, 0.3) is 5.91 Å². The number of benzene rings is 1. The van der Waals surface area contributed by atoms with E-state index >= 15 is 0 Å². The summed E-state index contributed by atoms with van der Waals surface area (Å²) in [6.45, 7) is 6.24. The summed E-state index contributed by atoms with van der Waals surface area (Å²) in [4.78, 5) is 14.5. The molecule has 0 aromatic heterocycles. The van der Waals surface area contributed by atoms with Crippen LogP contribution < -0.4 is 5.32 Å². The zero-order valence-electron chi connectivity index (χ0n) is 10.8. The lowest BCUT2D eigenvalue weighted by atomic mass is 9.87. The summed E-state index contributed by atoms with van der Waals surface area (Å²) in [6.07, 6.45) is 0.841. The number of phenols is 1. The monoisotopic (exact) mass is 246 g/mol. The van der Waals surface area contributed by atoms with Crippen molar-refractivity contribution >= 4 is 5.91 Å². The highest BCUT2D eigenvalue weighted by molar-refractivity contribution is 5.98. The molecule has 2 aliphatic rings. The van der Waals surface area contributed by atoms with Gasteiger partial charge in [0.05, 0.1) is 0 Å². The minimum Gasteiger partial charge on any atom is -0.507 e. The number of hydrogen-bond donors (Lipinski definition) is 2. The van der Waals surface area contributed by atoms with Crippen LogP contribution in [0.2, 0.25) is 0 Å². The molecule has 0 aliphatic carbocycles. The van der Waals surface area contributed by atoms with Crippen molar-refractivity contribution in [2.45, 2.75) is 26.3 Å². The number of carbonyl (C=O) groups is 1. The SMILES string of the molecule is Cc1cc2c(c(C)c1O)C[C@@H]1CNCCN1C2=O. The van der Waals surface area contributed by atoms with E-state index in [-0.39, 0.29) is 11.9 Å². The maximum absolute atomic E-state index is 12.5. The van der Waals surface area contributed by atoms with Gasteiger partial charge in [0, 0.05) is 31.2 Å². The van der Waals surface area contributed by atoms with Crippen LogP contribution >= 0.6 is 0 Å². The number of amides is 1. The number of nitrogens with one attached hydrogen (secondary N) is 1. The molecule has 4 heteroatoms. The van der Waals surface area contributed by atoms with Gasteiger partial charge in [0.1, 0.15) is 5.75 Å². The van der Waals surface area contributed by atoms with E-state index in [0.717, 1.165) is 48.3 Å². The number of aromatic hydroxyl groups is 1. The van der Waals surface area contributed by atoms with Gasteiger partial charge >= 0.3 is 0 Å². The third-order valence-electron chi connectivity index (χ3n) is 4.15. The molecule has 2 heterocycles. The molecule has 1 amide bonds. The van der Waals surface area contributed by atoms with Crippen LogP contribution in [0, 0.1) is 13.8 Å². The van der Waals surface area contributed by atoms with Gasteiger partial charge in [0.15, 0.2) is 0 Å². The normalized spacial score (nSPS) is 22.7. The van der Waals surface area contributed by atoms with Gasteiger partial charge in [-0.3, -0.25) is 4.79 Å². The Morgan fingerprint density at radius 1 is 1.44 bits per heavy atom. The predicted molar refractivity (Wildman–Crippen MR) is 69.0 cm³/mol. The third-order valence-corrected chi connectivity index (χ3v) is 4.15. The van der Waals surface area contributed by atoms with E-state index in [4.69, 9.17) is 0 Å². The average Bonchev–Trinajstić information content (AvgIpc) is 2.38. The van der Waals surface area contributed by atoms with Crippen LogP contribution in [0.4, 0.5) is 0 Å². The molecular weight excluding hydrogens is 228 g/mol. The predicted octanol–water partition coefficient (Wildman–Crippen LogP) is 0.979. The van der Waals surface area contributed by atoms with Crippen molar-refractivity contribution in [2.24, 2.45) is 0 Å². The molecule has 2 N–H and O–H groups in total. The molecule has 0 spiro atoms. The highest BCUT2D eigenvalue weighted by Crippen LogP contribution is 2.33. The Morgan fingerprint density at radius 3 is 3.00 bits per heavy atom. The van der Waals surface area contributed by atoms with Crippen LogP contribution in [-0.2, 0) is 6.42 Å². The van der Waals surface area contributed by atoms with Crippen molar-refractivity contribution < 1.29 is 9.90 Å². The molecule has 1 saturated heterocycles. The van der Waals surface area contributed by atoms with E-state index in [9.17, 15) is 9.90 Å². The van der Waals surface area contributed by atoms with Gasteiger partial charge in [-0.1, -0.05) is 0 Å². The molecule has 1 atom stereocenters. The Morgan fingerprint density at radius 2 is 2.22 bits per heavy atom. The quantitative estimate of drug-likeness (QED) is 0.717. The molecule has 0 radical (unpaired) electrons. The molecule has 0 unspecified atom stereocenters. The van der Waals surface area contributed by atoms with E-state index in [0.29, 0.717) is 5.75 Å². The Kier molecular flexibility index (Phi) is 2.55.